The molecule has 0 bridgehead atoms. The van der Waals surface area contributed by atoms with Gasteiger partial charge in [0.2, 0.25) is 5.91 Å². The van der Waals surface area contributed by atoms with Crippen LogP contribution in [0.15, 0.2) is 48.5 Å². The lowest BCUT2D eigenvalue weighted by Crippen LogP contribution is -2.53. The number of likely N-dealkylation sites (tertiary alicyclic amines) is 1. The molecule has 2 amide bonds. The number of para-hydroxylation sites is 1. The fraction of sp³-hybridized carbons (Fsp3) is 0.440. The predicted molar refractivity (Wildman–Crippen MR) is 120 cm³/mol. The fourth-order valence-corrected chi connectivity index (χ4v) is 4.51. The van der Waals surface area contributed by atoms with E-state index < -0.39 is 6.04 Å². The smallest absolute Gasteiger partial charge is 0.251 e. The zero-order valence-electron chi connectivity index (χ0n) is 18.5. The van der Waals surface area contributed by atoms with E-state index in [1.165, 1.54) is 0 Å². The van der Waals surface area contributed by atoms with Gasteiger partial charge in [0.15, 0.2) is 0 Å². The highest BCUT2D eigenvalue weighted by atomic mass is 16.5. The lowest BCUT2D eigenvalue weighted by Gasteiger charge is -2.46. The number of aryl methyl sites for hydroxylation is 1. The molecule has 4 rings (SSSR count). The molecular weight excluding hydrogens is 390 g/mol. The average molecular weight is 422 g/mol. The number of rotatable bonds is 4. The van der Waals surface area contributed by atoms with Crippen LogP contribution in [-0.2, 0) is 4.79 Å². The van der Waals surface area contributed by atoms with E-state index in [0.29, 0.717) is 5.56 Å². The van der Waals surface area contributed by atoms with Crippen molar-refractivity contribution < 1.29 is 14.3 Å². The summed E-state index contributed by atoms with van der Waals surface area (Å²) < 4.78 is 6.47. The molecule has 2 aromatic rings. The molecule has 164 valence electrons. The number of nitrogens with one attached hydrogen (secondary N) is 2. The third kappa shape index (κ3) is 4.74. The van der Waals surface area contributed by atoms with Gasteiger partial charge in [0.1, 0.15) is 17.4 Å². The zero-order chi connectivity index (χ0) is 22.0. The molecule has 2 aromatic carbocycles. The monoisotopic (exact) mass is 421 g/mol. The number of piperidine rings is 1. The molecule has 0 radical (unpaired) electrons. The topological polar surface area (TPSA) is 70.7 Å². The number of hydrogen-bond donors (Lipinski definition) is 2. The van der Waals surface area contributed by atoms with Crippen LogP contribution in [0.25, 0.3) is 0 Å². The third-order valence-corrected chi connectivity index (χ3v) is 6.43. The molecule has 2 N–H and O–H groups in total. The number of carbonyl (C=O) groups excluding carboxylic acids is 2. The second kappa shape index (κ2) is 8.71. The van der Waals surface area contributed by atoms with Gasteiger partial charge in [-0.1, -0.05) is 35.9 Å². The Hall–Kier alpha value is -2.86. The van der Waals surface area contributed by atoms with E-state index in [-0.39, 0.29) is 23.5 Å². The second-order valence-electron chi connectivity index (χ2n) is 8.96. The summed E-state index contributed by atoms with van der Waals surface area (Å²) in [7, 11) is 2.13. The van der Waals surface area contributed by atoms with Gasteiger partial charge < -0.3 is 20.3 Å². The van der Waals surface area contributed by atoms with Crippen LogP contribution in [0.3, 0.4) is 0 Å². The molecule has 1 saturated heterocycles. The lowest BCUT2D eigenvalue weighted by molar-refractivity contribution is -0.124. The van der Waals surface area contributed by atoms with Gasteiger partial charge in [-0.3, -0.25) is 9.59 Å². The molecule has 2 aliphatic rings. The van der Waals surface area contributed by atoms with Crippen molar-refractivity contribution in [2.24, 2.45) is 0 Å². The van der Waals surface area contributed by atoms with E-state index in [2.05, 4.69) is 22.6 Å². The van der Waals surface area contributed by atoms with Crippen LogP contribution in [0.4, 0.5) is 0 Å². The minimum absolute atomic E-state index is 0.140. The summed E-state index contributed by atoms with van der Waals surface area (Å²) in [5, 5.41) is 6.00. The van der Waals surface area contributed by atoms with Gasteiger partial charge in [-0.2, -0.15) is 0 Å². The molecule has 0 aromatic heterocycles. The summed E-state index contributed by atoms with van der Waals surface area (Å²) in [4.78, 5) is 27.9. The first kappa shape index (κ1) is 21.4. The Bertz CT molecular complexity index is 966. The largest absolute Gasteiger partial charge is 0.487 e. The molecule has 0 aliphatic carbocycles. The van der Waals surface area contributed by atoms with Crippen molar-refractivity contribution in [3.63, 3.8) is 0 Å². The number of carbonyl (C=O) groups is 2. The molecule has 6 heteroatoms. The molecule has 1 spiro atoms. The zero-order valence-corrected chi connectivity index (χ0v) is 18.5. The van der Waals surface area contributed by atoms with Crippen LogP contribution < -0.4 is 15.4 Å². The van der Waals surface area contributed by atoms with Crippen molar-refractivity contribution in [1.29, 1.82) is 0 Å². The van der Waals surface area contributed by atoms with Crippen LogP contribution in [0.5, 0.6) is 5.75 Å². The van der Waals surface area contributed by atoms with E-state index in [1.807, 2.05) is 49.4 Å². The molecule has 2 unspecified atom stereocenters. The molecule has 0 saturated carbocycles. The molecule has 2 aliphatic heterocycles. The van der Waals surface area contributed by atoms with E-state index in [1.54, 1.807) is 13.0 Å². The summed E-state index contributed by atoms with van der Waals surface area (Å²) in [6.07, 6.45) is 2.61. The highest BCUT2D eigenvalue weighted by Gasteiger charge is 2.43. The number of hydrogen-bond acceptors (Lipinski definition) is 4. The third-order valence-electron chi connectivity index (χ3n) is 6.43. The Balaban J connectivity index is 1.46. The van der Waals surface area contributed by atoms with Crippen LogP contribution in [0.1, 0.15) is 53.7 Å². The van der Waals surface area contributed by atoms with E-state index >= 15 is 0 Å². The molecule has 6 nitrogen and oxygen atoms in total. The first-order valence-electron chi connectivity index (χ1n) is 11.0. The summed E-state index contributed by atoms with van der Waals surface area (Å²) >= 11 is 0. The average Bonchev–Trinajstić information content (AvgIpc) is 2.76. The molecule has 2 atom stereocenters. The van der Waals surface area contributed by atoms with Crippen LogP contribution in [-0.4, -0.2) is 48.5 Å². The quantitative estimate of drug-likeness (QED) is 0.795. The Kier molecular flexibility index (Phi) is 6.01. The van der Waals surface area contributed by atoms with Crippen molar-refractivity contribution in [2.75, 3.05) is 20.1 Å². The minimum Gasteiger partial charge on any atom is -0.487 e. The maximum Gasteiger partial charge on any atom is 0.251 e. The first-order chi connectivity index (χ1) is 14.8. The standard InChI is InChI=1S/C25H31N3O3/c1-17-7-6-8-19(15-17)24(30)26-18(2)23(29)27-21-16-25(11-13-28(3)14-12-25)31-22-10-5-4-9-20(21)22/h4-10,15,18,21H,11-14,16H2,1-3H3,(H,26,30)(H,27,29). The van der Waals surface area contributed by atoms with Crippen LogP contribution in [0.2, 0.25) is 0 Å². The van der Waals surface area contributed by atoms with E-state index in [4.69, 9.17) is 4.74 Å². The maximum atomic E-state index is 13.0. The van der Waals surface area contributed by atoms with Crippen molar-refractivity contribution in [2.45, 2.75) is 50.8 Å². The molecular formula is C25H31N3O3. The fourth-order valence-electron chi connectivity index (χ4n) is 4.51. The van der Waals surface area contributed by atoms with Gasteiger partial charge >= 0.3 is 0 Å². The highest BCUT2D eigenvalue weighted by Crippen LogP contribution is 2.44. The van der Waals surface area contributed by atoms with Crippen molar-refractivity contribution in [3.8, 4) is 5.75 Å². The van der Waals surface area contributed by atoms with Gasteiger partial charge in [-0.05, 0) is 51.9 Å². The minimum atomic E-state index is -0.642. The Morgan fingerprint density at radius 2 is 1.87 bits per heavy atom. The number of benzene rings is 2. The van der Waals surface area contributed by atoms with Gasteiger partial charge in [0.25, 0.3) is 5.91 Å². The van der Waals surface area contributed by atoms with Crippen molar-refractivity contribution in [1.82, 2.24) is 15.5 Å². The van der Waals surface area contributed by atoms with Gasteiger partial charge in [-0.25, -0.2) is 0 Å². The Morgan fingerprint density at radius 1 is 1.13 bits per heavy atom. The van der Waals surface area contributed by atoms with Crippen molar-refractivity contribution >= 4 is 11.8 Å². The SMILES string of the molecule is Cc1cccc(C(=O)NC(C)C(=O)NC2CC3(CCN(C)CC3)Oc3ccccc32)c1. The molecule has 1 fully saturated rings. The summed E-state index contributed by atoms with van der Waals surface area (Å²) in [5.74, 6) is 0.413. The summed E-state index contributed by atoms with van der Waals surface area (Å²) in [6, 6.07) is 14.5. The van der Waals surface area contributed by atoms with Gasteiger partial charge in [0.05, 0.1) is 6.04 Å². The molecule has 31 heavy (non-hydrogen) atoms. The second-order valence-corrected chi connectivity index (χ2v) is 8.96. The normalized spacial score (nSPS) is 20.9. The first-order valence-corrected chi connectivity index (χ1v) is 11.0. The van der Waals surface area contributed by atoms with Crippen molar-refractivity contribution in [3.05, 3.63) is 65.2 Å². The summed E-state index contributed by atoms with van der Waals surface area (Å²) in [6.45, 7) is 5.62. The van der Waals surface area contributed by atoms with E-state index in [9.17, 15) is 9.59 Å². The number of ether oxygens (including phenoxy) is 1. The van der Waals surface area contributed by atoms with Gasteiger partial charge in [0, 0.05) is 30.6 Å². The number of amides is 2. The Morgan fingerprint density at radius 3 is 2.61 bits per heavy atom. The lowest BCUT2D eigenvalue weighted by atomic mass is 9.80. The van der Waals surface area contributed by atoms with Gasteiger partial charge in [-0.15, -0.1) is 0 Å². The highest BCUT2D eigenvalue weighted by molar-refractivity contribution is 5.97. The van der Waals surface area contributed by atoms with E-state index in [0.717, 1.165) is 49.2 Å². The predicted octanol–water partition coefficient (Wildman–Crippen LogP) is 3.22. The Labute approximate surface area is 184 Å². The number of nitrogens with zero attached hydrogens (tertiary/aromatic N) is 1. The summed E-state index contributed by atoms with van der Waals surface area (Å²) in [5.41, 5.74) is 2.30. The van der Waals surface area contributed by atoms with Crippen LogP contribution >= 0.6 is 0 Å². The maximum absolute atomic E-state index is 13.0. The van der Waals surface area contributed by atoms with Crippen LogP contribution in [0, 0.1) is 6.92 Å². The molecule has 2 heterocycles. The number of fused-ring (bicyclic) bond motifs is 1.